The first-order valence-corrected chi connectivity index (χ1v) is 6.40. The van der Waals surface area contributed by atoms with Crippen molar-refractivity contribution in [3.05, 3.63) is 46.2 Å². The largest absolute Gasteiger partial charge is 0.490 e. The molecule has 0 saturated heterocycles. The summed E-state index contributed by atoms with van der Waals surface area (Å²) >= 11 is 7.22. The van der Waals surface area contributed by atoms with Crippen LogP contribution in [0.4, 0.5) is 0 Å². The van der Waals surface area contributed by atoms with Crippen LogP contribution in [-0.4, -0.2) is 17.7 Å². The molecule has 0 aromatic carbocycles. The zero-order valence-electron chi connectivity index (χ0n) is 9.90. The van der Waals surface area contributed by atoms with Crippen molar-refractivity contribution in [2.75, 3.05) is 6.61 Å². The molecule has 1 aromatic rings. The molecule has 0 aliphatic heterocycles. The molecule has 0 atom stereocenters. The fourth-order valence-electron chi connectivity index (χ4n) is 1.36. The van der Waals surface area contributed by atoms with Crippen molar-refractivity contribution >= 4 is 34.5 Å². The molecule has 0 aliphatic rings. The van der Waals surface area contributed by atoms with Crippen molar-refractivity contribution in [1.82, 2.24) is 0 Å². The van der Waals surface area contributed by atoms with E-state index >= 15 is 0 Å². The van der Waals surface area contributed by atoms with Crippen molar-refractivity contribution in [2.24, 2.45) is 0 Å². The number of halogens is 1. The molecule has 0 unspecified atom stereocenters. The average molecular weight is 285 g/mol. The van der Waals surface area contributed by atoms with Crippen LogP contribution in [0.2, 0.25) is 5.02 Å². The molecule has 5 heteroatoms. The van der Waals surface area contributed by atoms with Gasteiger partial charge in [0.15, 0.2) is 10.6 Å². The highest BCUT2D eigenvalue weighted by Crippen LogP contribution is 2.43. The van der Waals surface area contributed by atoms with Gasteiger partial charge in [-0.05, 0) is 12.5 Å². The molecule has 1 rings (SSSR count). The summed E-state index contributed by atoms with van der Waals surface area (Å²) < 4.78 is 5.29. The maximum absolute atomic E-state index is 11.1. The smallest absolute Gasteiger partial charge is 0.349 e. The highest BCUT2D eigenvalue weighted by atomic mass is 35.5. The molecule has 3 nitrogen and oxygen atoms in total. The molecule has 0 saturated carbocycles. The van der Waals surface area contributed by atoms with E-state index < -0.39 is 5.97 Å². The quantitative estimate of drug-likeness (QED) is 0.794. The number of aromatic carboxylic acids is 1. The lowest BCUT2D eigenvalue weighted by atomic mass is 10.2. The maximum Gasteiger partial charge on any atom is 0.349 e. The number of rotatable bonds is 6. The Kier molecular flexibility index (Phi) is 5.19. The number of carbonyl (C=O) groups is 1. The van der Waals surface area contributed by atoms with E-state index in [1.807, 2.05) is 0 Å². The maximum atomic E-state index is 11.1. The van der Waals surface area contributed by atoms with E-state index in [2.05, 4.69) is 13.2 Å². The summed E-state index contributed by atoms with van der Waals surface area (Å²) in [6, 6.07) is 0. The van der Waals surface area contributed by atoms with Gasteiger partial charge in [0.25, 0.3) is 0 Å². The van der Waals surface area contributed by atoms with Gasteiger partial charge in [0.1, 0.15) is 5.02 Å². The fourth-order valence-corrected chi connectivity index (χ4v) is 2.79. The second-order valence-electron chi connectivity index (χ2n) is 3.20. The first-order chi connectivity index (χ1) is 8.56. The molecular formula is C13H13ClO3S. The SMILES string of the molecule is C=C/C=C(\C=C)c1sc(C(=O)O)c(OCC)c1Cl. The van der Waals surface area contributed by atoms with E-state index in [9.17, 15) is 4.79 Å². The summed E-state index contributed by atoms with van der Waals surface area (Å²) in [5.41, 5.74) is 0.716. The van der Waals surface area contributed by atoms with Crippen molar-refractivity contribution in [3.8, 4) is 5.75 Å². The van der Waals surface area contributed by atoms with E-state index in [0.717, 1.165) is 11.3 Å². The minimum absolute atomic E-state index is 0.0914. The molecule has 0 aliphatic carbocycles. The Morgan fingerprint density at radius 1 is 1.50 bits per heavy atom. The molecule has 0 spiro atoms. The normalized spacial score (nSPS) is 11.1. The lowest BCUT2D eigenvalue weighted by Crippen LogP contribution is -1.98. The fraction of sp³-hybridized carbons (Fsp3) is 0.154. The van der Waals surface area contributed by atoms with Crippen molar-refractivity contribution in [3.63, 3.8) is 0 Å². The summed E-state index contributed by atoms with van der Waals surface area (Å²) in [7, 11) is 0. The van der Waals surface area contributed by atoms with Gasteiger partial charge in [0.05, 0.1) is 11.5 Å². The Bertz CT molecular complexity index is 515. The van der Waals surface area contributed by atoms with Gasteiger partial charge in [0, 0.05) is 0 Å². The Labute approximate surface area is 115 Å². The van der Waals surface area contributed by atoms with Crippen LogP contribution in [0.15, 0.2) is 31.4 Å². The van der Waals surface area contributed by atoms with Crippen LogP contribution in [-0.2, 0) is 0 Å². The van der Waals surface area contributed by atoms with Crippen LogP contribution in [0, 0.1) is 0 Å². The van der Waals surface area contributed by atoms with Gasteiger partial charge in [0.2, 0.25) is 0 Å². The van der Waals surface area contributed by atoms with Crippen LogP contribution < -0.4 is 4.74 Å². The van der Waals surface area contributed by atoms with E-state index in [1.54, 1.807) is 25.2 Å². The molecule has 0 amide bonds. The average Bonchev–Trinajstić information content (AvgIpc) is 2.65. The predicted octanol–water partition coefficient (Wildman–Crippen LogP) is 4.25. The van der Waals surface area contributed by atoms with Gasteiger partial charge in [-0.15, -0.1) is 11.3 Å². The van der Waals surface area contributed by atoms with Crippen molar-refractivity contribution in [2.45, 2.75) is 6.92 Å². The lowest BCUT2D eigenvalue weighted by molar-refractivity contribution is 0.0698. The molecule has 0 bridgehead atoms. The number of hydrogen-bond acceptors (Lipinski definition) is 3. The second kappa shape index (κ2) is 6.42. The molecule has 1 heterocycles. The number of thiophene rings is 1. The van der Waals surface area contributed by atoms with Gasteiger partial charge in [-0.3, -0.25) is 0 Å². The van der Waals surface area contributed by atoms with Gasteiger partial charge < -0.3 is 9.84 Å². The number of carboxylic acid groups (broad SMARTS) is 1. The first-order valence-electron chi connectivity index (χ1n) is 5.20. The van der Waals surface area contributed by atoms with Crippen LogP contribution in [0.5, 0.6) is 5.75 Å². The zero-order valence-corrected chi connectivity index (χ0v) is 11.5. The molecular weight excluding hydrogens is 272 g/mol. The Morgan fingerprint density at radius 2 is 2.17 bits per heavy atom. The summed E-state index contributed by atoms with van der Waals surface area (Å²) in [4.78, 5) is 11.8. The summed E-state index contributed by atoms with van der Waals surface area (Å²) in [5, 5.41) is 9.42. The number of allylic oxidation sites excluding steroid dienone is 4. The number of carboxylic acids is 1. The monoisotopic (exact) mass is 284 g/mol. The van der Waals surface area contributed by atoms with Crippen LogP contribution >= 0.6 is 22.9 Å². The topological polar surface area (TPSA) is 46.5 Å². The van der Waals surface area contributed by atoms with Crippen molar-refractivity contribution < 1.29 is 14.6 Å². The summed E-state index contributed by atoms with van der Waals surface area (Å²) in [5.74, 6) is -0.845. The molecule has 0 fully saturated rings. The van der Waals surface area contributed by atoms with Crippen LogP contribution in [0.25, 0.3) is 5.57 Å². The van der Waals surface area contributed by atoms with Crippen LogP contribution in [0.3, 0.4) is 0 Å². The highest BCUT2D eigenvalue weighted by molar-refractivity contribution is 7.16. The van der Waals surface area contributed by atoms with Gasteiger partial charge in [-0.2, -0.15) is 0 Å². The molecule has 18 heavy (non-hydrogen) atoms. The Hall–Kier alpha value is -1.52. The minimum atomic E-state index is -1.06. The van der Waals surface area contributed by atoms with E-state index in [-0.39, 0.29) is 10.6 Å². The second-order valence-corrected chi connectivity index (χ2v) is 4.60. The Balaban J connectivity index is 3.43. The molecule has 0 radical (unpaired) electrons. The van der Waals surface area contributed by atoms with E-state index in [4.69, 9.17) is 21.4 Å². The molecule has 96 valence electrons. The van der Waals surface area contributed by atoms with Crippen molar-refractivity contribution in [1.29, 1.82) is 0 Å². The number of ether oxygens (including phenoxy) is 1. The predicted molar refractivity (Wildman–Crippen MR) is 75.8 cm³/mol. The third kappa shape index (κ3) is 2.83. The minimum Gasteiger partial charge on any atom is -0.490 e. The third-order valence-electron chi connectivity index (χ3n) is 2.07. The lowest BCUT2D eigenvalue weighted by Gasteiger charge is -2.02. The zero-order chi connectivity index (χ0) is 13.7. The first kappa shape index (κ1) is 14.5. The molecule has 1 N–H and O–H groups in total. The molecule has 1 aromatic heterocycles. The summed E-state index contributed by atoms with van der Waals surface area (Å²) in [6.45, 7) is 9.39. The standard InChI is InChI=1S/C13H13ClO3S/c1-4-7-8(5-2)11-9(14)10(17-6-3)12(18-11)13(15)16/h4-5,7H,1-2,6H2,3H3,(H,15,16)/b8-7+. The van der Waals surface area contributed by atoms with Crippen LogP contribution in [0.1, 0.15) is 21.5 Å². The van der Waals surface area contributed by atoms with Gasteiger partial charge in [-0.25, -0.2) is 4.79 Å². The Morgan fingerprint density at radius 3 is 2.61 bits per heavy atom. The highest BCUT2D eigenvalue weighted by Gasteiger charge is 2.23. The number of hydrogen-bond donors (Lipinski definition) is 1. The van der Waals surface area contributed by atoms with Gasteiger partial charge in [-0.1, -0.05) is 43.0 Å². The van der Waals surface area contributed by atoms with Gasteiger partial charge >= 0.3 is 5.97 Å². The third-order valence-corrected chi connectivity index (χ3v) is 3.75. The van der Waals surface area contributed by atoms with E-state index in [1.165, 1.54) is 0 Å². The van der Waals surface area contributed by atoms with E-state index in [0.29, 0.717) is 22.1 Å². The summed E-state index contributed by atoms with van der Waals surface area (Å²) in [6.07, 6.45) is 4.90.